The minimum absolute atomic E-state index is 0.242. The molecular formula is C17H22N6O. The van der Waals surface area contributed by atoms with E-state index in [-0.39, 0.29) is 11.9 Å². The molecule has 0 aromatic carbocycles. The molecule has 0 bridgehead atoms. The van der Waals surface area contributed by atoms with Crippen LogP contribution in [-0.4, -0.2) is 44.3 Å². The highest BCUT2D eigenvalue weighted by Gasteiger charge is 2.26. The molecule has 126 valence electrons. The smallest absolute Gasteiger partial charge is 0.271 e. The summed E-state index contributed by atoms with van der Waals surface area (Å²) in [6.07, 6.45) is 7.13. The van der Waals surface area contributed by atoms with Gasteiger partial charge in [-0.15, -0.1) is 0 Å². The fourth-order valence-electron chi connectivity index (χ4n) is 2.97. The molecule has 0 radical (unpaired) electrons. The van der Waals surface area contributed by atoms with Crippen LogP contribution in [0.1, 0.15) is 52.1 Å². The number of hydrogen-bond acceptors (Lipinski definition) is 6. The summed E-state index contributed by atoms with van der Waals surface area (Å²) in [7, 11) is 2.11. The molecule has 1 unspecified atom stereocenters. The average Bonchev–Trinajstić information content (AvgIpc) is 3.00. The van der Waals surface area contributed by atoms with E-state index in [1.165, 1.54) is 6.20 Å². The summed E-state index contributed by atoms with van der Waals surface area (Å²) in [5.41, 5.74) is 3.06. The van der Waals surface area contributed by atoms with E-state index in [2.05, 4.69) is 37.2 Å². The van der Waals surface area contributed by atoms with Crippen molar-refractivity contribution < 1.29 is 4.79 Å². The lowest BCUT2D eigenvalue weighted by atomic mass is 10.1. The Morgan fingerprint density at radius 3 is 2.75 bits per heavy atom. The molecule has 1 amide bonds. The largest absolute Gasteiger partial charge is 0.346 e. The van der Waals surface area contributed by atoms with Crippen LogP contribution in [0.3, 0.4) is 0 Å². The summed E-state index contributed by atoms with van der Waals surface area (Å²) in [5.74, 6) is 0.513. The van der Waals surface area contributed by atoms with Crippen molar-refractivity contribution in [3.05, 3.63) is 47.1 Å². The number of nitrogens with one attached hydrogen (secondary N) is 1. The highest BCUT2D eigenvalue weighted by atomic mass is 16.1. The summed E-state index contributed by atoms with van der Waals surface area (Å²) in [5, 5.41) is 2.89. The first-order valence-corrected chi connectivity index (χ1v) is 8.14. The third-order valence-corrected chi connectivity index (χ3v) is 4.31. The van der Waals surface area contributed by atoms with Crippen molar-refractivity contribution in [2.75, 3.05) is 13.6 Å². The minimum atomic E-state index is -0.242. The van der Waals surface area contributed by atoms with Gasteiger partial charge in [0.15, 0.2) is 0 Å². The molecule has 7 heteroatoms. The van der Waals surface area contributed by atoms with Gasteiger partial charge in [0.25, 0.3) is 5.91 Å². The molecule has 1 N–H and O–H groups in total. The molecular weight excluding hydrogens is 304 g/mol. The van der Waals surface area contributed by atoms with Crippen molar-refractivity contribution in [1.82, 2.24) is 30.2 Å². The van der Waals surface area contributed by atoms with E-state index in [1.54, 1.807) is 6.20 Å². The Kier molecular flexibility index (Phi) is 4.80. The monoisotopic (exact) mass is 326 g/mol. The van der Waals surface area contributed by atoms with Crippen LogP contribution < -0.4 is 5.32 Å². The van der Waals surface area contributed by atoms with Crippen LogP contribution in [0.5, 0.6) is 0 Å². The topological polar surface area (TPSA) is 83.9 Å². The maximum absolute atomic E-state index is 12.2. The number of aryl methyl sites for hydroxylation is 2. The third-order valence-electron chi connectivity index (χ3n) is 4.31. The number of rotatable bonds is 4. The van der Waals surface area contributed by atoms with E-state index in [9.17, 15) is 4.79 Å². The summed E-state index contributed by atoms with van der Waals surface area (Å²) in [6.45, 7) is 5.18. The Morgan fingerprint density at radius 2 is 2.08 bits per heavy atom. The standard InChI is InChI=1S/C17H22N6O/c1-11-7-20-14(10-18-11)17(24)21-9-13-8-19-12(2)22-16(13)15-5-4-6-23(15)3/h7-8,10,15H,4-6,9H2,1-3H3,(H,21,24). The summed E-state index contributed by atoms with van der Waals surface area (Å²) >= 11 is 0. The van der Waals surface area contributed by atoms with Gasteiger partial charge in [0.1, 0.15) is 11.5 Å². The number of carbonyl (C=O) groups is 1. The number of amides is 1. The number of carbonyl (C=O) groups excluding carboxylic acids is 1. The molecule has 7 nitrogen and oxygen atoms in total. The molecule has 1 aliphatic rings. The minimum Gasteiger partial charge on any atom is -0.346 e. The first-order valence-electron chi connectivity index (χ1n) is 8.14. The molecule has 0 aliphatic carbocycles. The zero-order valence-electron chi connectivity index (χ0n) is 14.3. The van der Waals surface area contributed by atoms with E-state index in [0.29, 0.717) is 12.2 Å². The van der Waals surface area contributed by atoms with Gasteiger partial charge in [-0.1, -0.05) is 0 Å². The van der Waals surface area contributed by atoms with Crippen LogP contribution in [0.15, 0.2) is 18.6 Å². The first kappa shape index (κ1) is 16.4. The Morgan fingerprint density at radius 1 is 1.25 bits per heavy atom. The Bertz CT molecular complexity index is 730. The first-order chi connectivity index (χ1) is 11.5. The quantitative estimate of drug-likeness (QED) is 0.918. The summed E-state index contributed by atoms with van der Waals surface area (Å²) in [6, 6.07) is 0.290. The lowest BCUT2D eigenvalue weighted by Gasteiger charge is -2.21. The highest BCUT2D eigenvalue weighted by Crippen LogP contribution is 2.30. The molecule has 3 heterocycles. The van der Waals surface area contributed by atoms with Crippen molar-refractivity contribution in [1.29, 1.82) is 0 Å². The van der Waals surface area contributed by atoms with E-state index < -0.39 is 0 Å². The van der Waals surface area contributed by atoms with Crippen LogP contribution in [0.25, 0.3) is 0 Å². The highest BCUT2D eigenvalue weighted by molar-refractivity contribution is 5.91. The molecule has 24 heavy (non-hydrogen) atoms. The lowest BCUT2D eigenvalue weighted by molar-refractivity contribution is 0.0945. The SMILES string of the molecule is Cc1cnc(C(=O)NCc2cnc(C)nc2C2CCCN2C)cn1. The van der Waals surface area contributed by atoms with Gasteiger partial charge in [-0.05, 0) is 40.3 Å². The van der Waals surface area contributed by atoms with Crippen LogP contribution in [0.4, 0.5) is 0 Å². The second kappa shape index (κ2) is 7.00. The Hall–Kier alpha value is -2.41. The third kappa shape index (κ3) is 3.56. The van der Waals surface area contributed by atoms with Gasteiger partial charge in [0, 0.05) is 24.5 Å². The maximum atomic E-state index is 12.2. The van der Waals surface area contributed by atoms with E-state index in [0.717, 1.165) is 42.2 Å². The maximum Gasteiger partial charge on any atom is 0.271 e. The van der Waals surface area contributed by atoms with Gasteiger partial charge in [0.05, 0.1) is 23.6 Å². The molecule has 0 spiro atoms. The zero-order chi connectivity index (χ0) is 17.1. The fourth-order valence-corrected chi connectivity index (χ4v) is 2.97. The second-order valence-electron chi connectivity index (χ2n) is 6.19. The molecule has 0 saturated carbocycles. The van der Waals surface area contributed by atoms with Crippen LogP contribution >= 0.6 is 0 Å². The average molecular weight is 326 g/mol. The van der Waals surface area contributed by atoms with Gasteiger partial charge < -0.3 is 5.32 Å². The Labute approximate surface area is 141 Å². The predicted molar refractivity (Wildman–Crippen MR) is 89.3 cm³/mol. The normalized spacial score (nSPS) is 17.9. The van der Waals surface area contributed by atoms with E-state index >= 15 is 0 Å². The van der Waals surface area contributed by atoms with Crippen LogP contribution in [0, 0.1) is 13.8 Å². The number of hydrogen-bond donors (Lipinski definition) is 1. The molecule has 1 saturated heterocycles. The van der Waals surface area contributed by atoms with Crippen molar-refractivity contribution in [3.8, 4) is 0 Å². The molecule has 2 aromatic rings. The Balaban J connectivity index is 1.75. The van der Waals surface area contributed by atoms with Gasteiger partial charge >= 0.3 is 0 Å². The predicted octanol–water partition coefficient (Wildman–Crippen LogP) is 1.58. The van der Waals surface area contributed by atoms with Gasteiger partial charge in [-0.3, -0.25) is 14.7 Å². The van der Waals surface area contributed by atoms with Crippen molar-refractivity contribution in [2.45, 2.75) is 39.3 Å². The van der Waals surface area contributed by atoms with Gasteiger partial charge in [-0.2, -0.15) is 0 Å². The zero-order valence-corrected chi connectivity index (χ0v) is 14.3. The second-order valence-corrected chi connectivity index (χ2v) is 6.19. The summed E-state index contributed by atoms with van der Waals surface area (Å²) in [4.78, 5) is 31.7. The fraction of sp³-hybridized carbons (Fsp3) is 0.471. The lowest BCUT2D eigenvalue weighted by Crippen LogP contribution is -2.27. The van der Waals surface area contributed by atoms with Crippen LogP contribution in [0.2, 0.25) is 0 Å². The van der Waals surface area contributed by atoms with Crippen molar-refractivity contribution in [3.63, 3.8) is 0 Å². The van der Waals surface area contributed by atoms with Crippen LogP contribution in [-0.2, 0) is 6.54 Å². The number of likely N-dealkylation sites (tertiary alicyclic amines) is 1. The van der Waals surface area contributed by atoms with Crippen molar-refractivity contribution in [2.24, 2.45) is 0 Å². The molecule has 2 aromatic heterocycles. The van der Waals surface area contributed by atoms with E-state index in [1.807, 2.05) is 20.0 Å². The molecule has 1 aliphatic heterocycles. The van der Waals surface area contributed by atoms with Crippen molar-refractivity contribution >= 4 is 5.91 Å². The summed E-state index contributed by atoms with van der Waals surface area (Å²) < 4.78 is 0. The number of nitrogens with zero attached hydrogens (tertiary/aromatic N) is 5. The number of aromatic nitrogens is 4. The molecule has 1 atom stereocenters. The molecule has 1 fully saturated rings. The van der Waals surface area contributed by atoms with E-state index in [4.69, 9.17) is 0 Å². The van der Waals surface area contributed by atoms with Gasteiger partial charge in [-0.25, -0.2) is 15.0 Å². The molecule has 3 rings (SSSR count). The van der Waals surface area contributed by atoms with Gasteiger partial charge in [0.2, 0.25) is 0 Å².